The summed E-state index contributed by atoms with van der Waals surface area (Å²) in [6.07, 6.45) is 3.52. The number of hydrogen-bond donors (Lipinski definition) is 2. The summed E-state index contributed by atoms with van der Waals surface area (Å²) < 4.78 is 12.8. The van der Waals surface area contributed by atoms with Crippen LogP contribution in [0.4, 0.5) is 0 Å². The smallest absolute Gasteiger partial charge is 0.303 e. The summed E-state index contributed by atoms with van der Waals surface area (Å²) in [6.45, 7) is 0.209. The third-order valence-corrected chi connectivity index (χ3v) is 6.79. The number of rotatable bonds is 9. The highest BCUT2D eigenvalue weighted by Gasteiger charge is 2.41. The van der Waals surface area contributed by atoms with Crippen molar-refractivity contribution in [2.24, 2.45) is 0 Å². The number of nitrogens with one attached hydrogen (secondary N) is 1. The van der Waals surface area contributed by atoms with E-state index in [-0.39, 0.29) is 31.2 Å². The molecular formula is C20H24N2O6S. The summed E-state index contributed by atoms with van der Waals surface area (Å²) in [5.74, 6) is -1.44. The van der Waals surface area contributed by atoms with Gasteiger partial charge in [-0.25, -0.2) is 0 Å². The van der Waals surface area contributed by atoms with Crippen LogP contribution < -0.4 is 5.32 Å². The Labute approximate surface area is 171 Å². The fourth-order valence-corrected chi connectivity index (χ4v) is 5.11. The molecule has 2 heterocycles. The minimum absolute atomic E-state index is 0.146. The van der Waals surface area contributed by atoms with Crippen LogP contribution in [0.2, 0.25) is 0 Å². The largest absolute Gasteiger partial charge is 0.611 e. The van der Waals surface area contributed by atoms with Gasteiger partial charge in [0, 0.05) is 24.0 Å². The zero-order chi connectivity index (χ0) is 21.0. The number of carboxylic acid groups (broad SMARTS) is 1. The monoisotopic (exact) mass is 420 g/mol. The lowest BCUT2D eigenvalue weighted by Crippen LogP contribution is -2.52. The highest BCUT2D eigenvalue weighted by molar-refractivity contribution is 7.91. The van der Waals surface area contributed by atoms with Crippen molar-refractivity contribution >= 4 is 34.9 Å². The van der Waals surface area contributed by atoms with E-state index >= 15 is 0 Å². The maximum absolute atomic E-state index is 12.8. The molecule has 0 aliphatic carbocycles. The maximum Gasteiger partial charge on any atom is 0.303 e. The van der Waals surface area contributed by atoms with Gasteiger partial charge in [-0.3, -0.25) is 24.5 Å². The SMILES string of the molecule is O=C(O)CCCCCC[S+]([O-])c1cccc2c1CN(C1CCC(=O)NC1=O)C2=O. The predicted molar refractivity (Wildman–Crippen MR) is 104 cm³/mol. The third-order valence-electron chi connectivity index (χ3n) is 5.25. The Hall–Kier alpha value is -2.39. The van der Waals surface area contributed by atoms with Gasteiger partial charge in [0.05, 0.1) is 6.54 Å². The molecule has 0 spiro atoms. The number of piperidine rings is 1. The van der Waals surface area contributed by atoms with Crippen LogP contribution in [0, 0.1) is 0 Å². The highest BCUT2D eigenvalue weighted by Crippen LogP contribution is 2.32. The van der Waals surface area contributed by atoms with Crippen LogP contribution in [0.3, 0.4) is 0 Å². The number of nitrogens with zero attached hydrogens (tertiary/aromatic N) is 1. The minimum atomic E-state index is -1.28. The second-order valence-corrected chi connectivity index (χ2v) is 8.83. The number of benzene rings is 1. The van der Waals surface area contributed by atoms with Crippen molar-refractivity contribution < 1.29 is 28.8 Å². The van der Waals surface area contributed by atoms with Crippen LogP contribution in [0.1, 0.15) is 60.9 Å². The number of carbonyl (C=O) groups is 4. The molecule has 2 atom stereocenters. The molecule has 2 aliphatic heterocycles. The Morgan fingerprint density at radius 3 is 2.69 bits per heavy atom. The molecule has 0 saturated carbocycles. The fourth-order valence-electron chi connectivity index (χ4n) is 3.74. The molecule has 9 heteroatoms. The van der Waals surface area contributed by atoms with Gasteiger partial charge in [-0.2, -0.15) is 0 Å². The van der Waals surface area contributed by atoms with Crippen molar-refractivity contribution in [3.05, 3.63) is 29.3 Å². The van der Waals surface area contributed by atoms with Crippen LogP contribution in [-0.4, -0.2) is 50.0 Å². The number of hydrogen-bond acceptors (Lipinski definition) is 5. The molecule has 8 nitrogen and oxygen atoms in total. The predicted octanol–water partition coefficient (Wildman–Crippen LogP) is 1.59. The van der Waals surface area contributed by atoms with E-state index in [1.54, 1.807) is 18.2 Å². The fraction of sp³-hybridized carbons (Fsp3) is 0.500. The normalized spacial score (nSPS) is 19.8. The lowest BCUT2D eigenvalue weighted by molar-refractivity contribution is -0.138. The second kappa shape index (κ2) is 9.41. The van der Waals surface area contributed by atoms with Gasteiger partial charge >= 0.3 is 5.97 Å². The van der Waals surface area contributed by atoms with Crippen LogP contribution in [-0.2, 0) is 32.1 Å². The summed E-state index contributed by atoms with van der Waals surface area (Å²) in [5, 5.41) is 10.9. The Bertz CT molecular complexity index is 827. The first-order chi connectivity index (χ1) is 13.9. The molecule has 2 N–H and O–H groups in total. The first-order valence-electron chi connectivity index (χ1n) is 9.75. The molecule has 1 fully saturated rings. The van der Waals surface area contributed by atoms with E-state index < -0.39 is 29.1 Å². The molecule has 3 rings (SSSR count). The second-order valence-electron chi connectivity index (χ2n) is 7.29. The van der Waals surface area contributed by atoms with Gasteiger partial charge in [0.25, 0.3) is 5.91 Å². The van der Waals surface area contributed by atoms with E-state index in [0.29, 0.717) is 41.0 Å². The van der Waals surface area contributed by atoms with Crippen molar-refractivity contribution in [1.82, 2.24) is 10.2 Å². The average Bonchev–Trinajstić information content (AvgIpc) is 3.01. The lowest BCUT2D eigenvalue weighted by Gasteiger charge is -2.29. The number of aliphatic carboxylic acids is 1. The Balaban J connectivity index is 1.62. The van der Waals surface area contributed by atoms with Crippen molar-refractivity contribution in [3.63, 3.8) is 0 Å². The number of carboxylic acids is 1. The van der Waals surface area contributed by atoms with Crippen molar-refractivity contribution in [2.75, 3.05) is 5.75 Å². The van der Waals surface area contributed by atoms with Gasteiger partial charge in [-0.05, 0) is 49.0 Å². The molecule has 29 heavy (non-hydrogen) atoms. The van der Waals surface area contributed by atoms with E-state index in [1.807, 2.05) is 0 Å². The molecule has 1 aromatic rings. The Kier molecular flexibility index (Phi) is 6.92. The van der Waals surface area contributed by atoms with Crippen LogP contribution in [0.25, 0.3) is 0 Å². The molecule has 1 aromatic carbocycles. The Morgan fingerprint density at radius 1 is 1.21 bits per heavy atom. The first-order valence-corrected chi connectivity index (χ1v) is 11.1. The molecule has 3 amide bonds. The van der Waals surface area contributed by atoms with E-state index in [4.69, 9.17) is 5.11 Å². The van der Waals surface area contributed by atoms with Gasteiger partial charge in [-0.15, -0.1) is 0 Å². The van der Waals surface area contributed by atoms with Gasteiger partial charge < -0.3 is 14.6 Å². The maximum atomic E-state index is 12.8. The summed E-state index contributed by atoms with van der Waals surface area (Å²) in [4.78, 5) is 48.9. The Morgan fingerprint density at radius 2 is 1.97 bits per heavy atom. The number of unbranched alkanes of at least 4 members (excludes halogenated alkanes) is 3. The molecule has 1 saturated heterocycles. The zero-order valence-electron chi connectivity index (χ0n) is 16.0. The summed E-state index contributed by atoms with van der Waals surface area (Å²) in [7, 11) is 0. The molecule has 0 radical (unpaired) electrons. The van der Waals surface area contributed by atoms with Crippen molar-refractivity contribution in [3.8, 4) is 0 Å². The van der Waals surface area contributed by atoms with E-state index in [1.165, 1.54) is 4.90 Å². The average molecular weight is 420 g/mol. The van der Waals surface area contributed by atoms with Gasteiger partial charge in [0.15, 0.2) is 4.90 Å². The quantitative estimate of drug-likeness (QED) is 0.355. The molecule has 2 unspecified atom stereocenters. The van der Waals surface area contributed by atoms with E-state index in [0.717, 1.165) is 12.8 Å². The first kappa shape index (κ1) is 21.3. The highest BCUT2D eigenvalue weighted by atomic mass is 32.2. The van der Waals surface area contributed by atoms with Gasteiger partial charge in [-0.1, -0.05) is 12.5 Å². The van der Waals surface area contributed by atoms with Crippen LogP contribution >= 0.6 is 0 Å². The summed E-state index contributed by atoms with van der Waals surface area (Å²) in [5.41, 5.74) is 1.15. The number of amides is 3. The van der Waals surface area contributed by atoms with Crippen LogP contribution in [0.15, 0.2) is 23.1 Å². The topological polar surface area (TPSA) is 127 Å². The number of imide groups is 1. The molecule has 2 aliphatic rings. The molecule has 156 valence electrons. The van der Waals surface area contributed by atoms with Crippen LogP contribution in [0.5, 0.6) is 0 Å². The number of carbonyl (C=O) groups excluding carboxylic acids is 3. The molecule has 0 bridgehead atoms. The van der Waals surface area contributed by atoms with Gasteiger partial charge in [0.2, 0.25) is 11.8 Å². The summed E-state index contributed by atoms with van der Waals surface area (Å²) in [6, 6.07) is 4.43. The van der Waals surface area contributed by atoms with E-state index in [2.05, 4.69) is 5.32 Å². The number of fused-ring (bicyclic) bond motifs is 1. The van der Waals surface area contributed by atoms with Crippen molar-refractivity contribution in [2.45, 2.75) is 62.4 Å². The minimum Gasteiger partial charge on any atom is -0.611 e. The third kappa shape index (κ3) is 4.97. The standard InChI is InChI=1S/C20H24N2O6S/c23-17-10-9-15(19(26)21-17)22-12-14-13(20(22)27)6-5-7-16(14)29(28)11-4-2-1-3-8-18(24)25/h5-7,15H,1-4,8-12H2,(H,24,25)(H,21,23,26). The van der Waals surface area contributed by atoms with E-state index in [9.17, 15) is 23.7 Å². The summed E-state index contributed by atoms with van der Waals surface area (Å²) >= 11 is -1.28. The van der Waals surface area contributed by atoms with Crippen molar-refractivity contribution in [1.29, 1.82) is 0 Å². The lowest BCUT2D eigenvalue weighted by atomic mass is 10.0. The zero-order valence-corrected chi connectivity index (χ0v) is 16.8. The molecular weight excluding hydrogens is 396 g/mol. The molecule has 0 aromatic heterocycles. The van der Waals surface area contributed by atoms with Gasteiger partial charge in [0.1, 0.15) is 11.8 Å².